The first-order valence-corrected chi connectivity index (χ1v) is 7.70. The molecule has 2 aliphatic carbocycles. The molecule has 2 N–H and O–H groups in total. The Morgan fingerprint density at radius 2 is 1.12 bits per heavy atom. The van der Waals surface area contributed by atoms with Crippen LogP contribution < -0.4 is 5.32 Å². The number of nitrogens with one attached hydrogen (secondary N) is 1. The van der Waals surface area contributed by atoms with Gasteiger partial charge >= 0.3 is 0 Å². The maximum atomic E-state index is 10.3. The van der Waals surface area contributed by atoms with Gasteiger partial charge in [-0.1, -0.05) is 38.5 Å². The molecule has 0 bridgehead atoms. The zero-order valence-corrected chi connectivity index (χ0v) is 11.0. The molecule has 1 saturated heterocycles. The average Bonchev–Trinajstić information content (AvgIpc) is 2.29. The zero-order chi connectivity index (χ0) is 11.8. The Balaban J connectivity index is 1.77. The molecule has 0 atom stereocenters. The van der Waals surface area contributed by atoms with Crippen LogP contribution in [0.5, 0.6) is 0 Å². The average molecular weight is 237 g/mol. The van der Waals surface area contributed by atoms with E-state index in [-0.39, 0.29) is 6.10 Å². The number of hydrogen-bond donors (Lipinski definition) is 2. The van der Waals surface area contributed by atoms with E-state index in [1.54, 1.807) is 0 Å². The van der Waals surface area contributed by atoms with Gasteiger partial charge in [-0.15, -0.1) is 0 Å². The van der Waals surface area contributed by atoms with E-state index < -0.39 is 0 Å². The molecular formula is C15H27NO. The molecule has 2 heteroatoms. The molecule has 0 amide bonds. The van der Waals surface area contributed by atoms with Crippen LogP contribution in [0.25, 0.3) is 0 Å². The number of piperidine rings is 1. The third-order valence-corrected chi connectivity index (χ3v) is 5.40. The van der Waals surface area contributed by atoms with Crippen molar-refractivity contribution in [3.8, 4) is 0 Å². The van der Waals surface area contributed by atoms with E-state index in [0.717, 1.165) is 12.8 Å². The highest BCUT2D eigenvalue weighted by Gasteiger charge is 2.47. The van der Waals surface area contributed by atoms with Gasteiger partial charge in [0.1, 0.15) is 0 Å². The van der Waals surface area contributed by atoms with Crippen molar-refractivity contribution in [3.63, 3.8) is 0 Å². The van der Waals surface area contributed by atoms with Crippen LogP contribution in [0.15, 0.2) is 0 Å². The Hall–Kier alpha value is -0.0800. The smallest absolute Gasteiger partial charge is 0.0575 e. The molecule has 3 rings (SSSR count). The normalized spacial score (nSPS) is 36.2. The van der Waals surface area contributed by atoms with Crippen molar-refractivity contribution in [2.75, 3.05) is 0 Å². The fraction of sp³-hybridized carbons (Fsp3) is 1.00. The lowest BCUT2D eigenvalue weighted by atomic mass is 9.66. The molecule has 0 radical (unpaired) electrons. The van der Waals surface area contributed by atoms with E-state index in [1.165, 1.54) is 64.2 Å². The van der Waals surface area contributed by atoms with Crippen molar-refractivity contribution in [2.24, 2.45) is 0 Å². The van der Waals surface area contributed by atoms with Crippen LogP contribution in [-0.2, 0) is 0 Å². The van der Waals surface area contributed by atoms with Crippen LogP contribution >= 0.6 is 0 Å². The van der Waals surface area contributed by atoms with E-state index in [0.29, 0.717) is 11.1 Å². The summed E-state index contributed by atoms with van der Waals surface area (Å²) in [6, 6.07) is 0. The van der Waals surface area contributed by atoms with Gasteiger partial charge in [0, 0.05) is 11.1 Å². The summed E-state index contributed by atoms with van der Waals surface area (Å²) in [5.41, 5.74) is 0.598. The fourth-order valence-electron chi connectivity index (χ4n) is 4.75. The highest BCUT2D eigenvalue weighted by molar-refractivity contribution is 5.07. The lowest BCUT2D eigenvalue weighted by Crippen LogP contribution is -2.65. The summed E-state index contributed by atoms with van der Waals surface area (Å²) >= 11 is 0. The maximum Gasteiger partial charge on any atom is 0.0575 e. The second-order valence-electron chi connectivity index (χ2n) is 6.87. The van der Waals surface area contributed by atoms with E-state index in [9.17, 15) is 5.11 Å². The summed E-state index contributed by atoms with van der Waals surface area (Å²) in [4.78, 5) is 0. The number of aliphatic hydroxyl groups excluding tert-OH is 1. The molecule has 17 heavy (non-hydrogen) atoms. The molecule has 0 aromatic carbocycles. The molecule has 1 aliphatic heterocycles. The molecule has 3 aliphatic rings. The largest absolute Gasteiger partial charge is 0.393 e. The van der Waals surface area contributed by atoms with E-state index in [1.807, 2.05) is 0 Å². The topological polar surface area (TPSA) is 32.3 Å². The minimum atomic E-state index is -0.0487. The van der Waals surface area contributed by atoms with Crippen molar-refractivity contribution in [1.82, 2.24) is 5.32 Å². The summed E-state index contributed by atoms with van der Waals surface area (Å²) in [7, 11) is 0. The van der Waals surface area contributed by atoms with Crippen LogP contribution in [0.1, 0.15) is 77.0 Å². The molecule has 3 fully saturated rings. The van der Waals surface area contributed by atoms with E-state index >= 15 is 0 Å². The lowest BCUT2D eigenvalue weighted by molar-refractivity contribution is -0.0163. The fourth-order valence-corrected chi connectivity index (χ4v) is 4.75. The van der Waals surface area contributed by atoms with Gasteiger partial charge in [-0.05, 0) is 38.5 Å². The molecule has 0 aromatic heterocycles. The molecule has 0 aromatic rings. The second kappa shape index (κ2) is 4.55. The first kappa shape index (κ1) is 12.0. The van der Waals surface area contributed by atoms with Gasteiger partial charge in [-0.3, -0.25) is 0 Å². The Kier molecular flexibility index (Phi) is 3.20. The predicted molar refractivity (Wildman–Crippen MR) is 70.0 cm³/mol. The summed E-state index contributed by atoms with van der Waals surface area (Å²) in [6.07, 6.45) is 15.4. The molecule has 0 unspecified atom stereocenters. The first-order valence-electron chi connectivity index (χ1n) is 7.70. The van der Waals surface area contributed by atoms with Gasteiger partial charge in [0.2, 0.25) is 0 Å². The second-order valence-corrected chi connectivity index (χ2v) is 6.87. The van der Waals surface area contributed by atoms with Gasteiger partial charge in [0.05, 0.1) is 6.10 Å². The van der Waals surface area contributed by atoms with Crippen LogP contribution in [0.3, 0.4) is 0 Å². The maximum absolute atomic E-state index is 10.3. The van der Waals surface area contributed by atoms with Crippen molar-refractivity contribution in [1.29, 1.82) is 0 Å². The van der Waals surface area contributed by atoms with Crippen LogP contribution in [0, 0.1) is 0 Å². The summed E-state index contributed by atoms with van der Waals surface area (Å²) < 4.78 is 0. The standard InChI is InChI=1S/C15H27NO/c17-13-11-14(7-3-1-4-8-14)16-15(12-13)9-5-2-6-10-15/h13,16-17H,1-12H2. The van der Waals surface area contributed by atoms with Crippen molar-refractivity contribution >= 4 is 0 Å². The van der Waals surface area contributed by atoms with Crippen molar-refractivity contribution in [3.05, 3.63) is 0 Å². The summed E-state index contributed by atoms with van der Waals surface area (Å²) in [6.45, 7) is 0. The minimum Gasteiger partial charge on any atom is -0.393 e. The van der Waals surface area contributed by atoms with E-state index in [2.05, 4.69) is 5.32 Å². The van der Waals surface area contributed by atoms with Crippen LogP contribution in [0.2, 0.25) is 0 Å². The molecule has 2 saturated carbocycles. The molecule has 98 valence electrons. The summed E-state index contributed by atoms with van der Waals surface area (Å²) in [5, 5.41) is 14.4. The molecule has 2 spiro atoms. The van der Waals surface area contributed by atoms with Crippen LogP contribution in [-0.4, -0.2) is 22.3 Å². The number of rotatable bonds is 0. The molecule has 1 heterocycles. The lowest BCUT2D eigenvalue weighted by Gasteiger charge is -2.54. The monoisotopic (exact) mass is 237 g/mol. The predicted octanol–water partition coefficient (Wildman–Crippen LogP) is 3.14. The molecular weight excluding hydrogens is 210 g/mol. The van der Waals surface area contributed by atoms with Crippen molar-refractivity contribution < 1.29 is 5.11 Å². The third-order valence-electron chi connectivity index (χ3n) is 5.40. The third kappa shape index (κ3) is 2.39. The SMILES string of the molecule is OC1CC2(CCCCC2)NC2(CCCCC2)C1. The van der Waals surface area contributed by atoms with Gasteiger partial charge in [0.15, 0.2) is 0 Å². The number of aliphatic hydroxyl groups is 1. The minimum absolute atomic E-state index is 0.0487. The number of hydrogen-bond acceptors (Lipinski definition) is 2. The zero-order valence-electron chi connectivity index (χ0n) is 11.0. The summed E-state index contributed by atoms with van der Waals surface area (Å²) in [5.74, 6) is 0. The highest BCUT2D eigenvalue weighted by Crippen LogP contribution is 2.44. The van der Waals surface area contributed by atoms with Crippen molar-refractivity contribution in [2.45, 2.75) is 94.2 Å². The first-order chi connectivity index (χ1) is 8.22. The Morgan fingerprint density at radius 1 is 0.706 bits per heavy atom. The van der Waals surface area contributed by atoms with Gasteiger partial charge in [-0.25, -0.2) is 0 Å². The Morgan fingerprint density at radius 3 is 1.53 bits per heavy atom. The van der Waals surface area contributed by atoms with Gasteiger partial charge < -0.3 is 10.4 Å². The van der Waals surface area contributed by atoms with Gasteiger partial charge in [-0.2, -0.15) is 0 Å². The Bertz CT molecular complexity index is 238. The van der Waals surface area contributed by atoms with E-state index in [4.69, 9.17) is 0 Å². The quantitative estimate of drug-likeness (QED) is 0.678. The van der Waals surface area contributed by atoms with Crippen LogP contribution in [0.4, 0.5) is 0 Å². The van der Waals surface area contributed by atoms with Gasteiger partial charge in [0.25, 0.3) is 0 Å². The molecule has 2 nitrogen and oxygen atoms in total. The Labute approximate surface area is 105 Å². The highest BCUT2D eigenvalue weighted by atomic mass is 16.3.